The maximum Gasteiger partial charge on any atom is 0.336 e. The molecular weight excluding hydrogens is 464 g/mol. The molecule has 5 rings (SSSR count). The first-order chi connectivity index (χ1) is 16.3. The first kappa shape index (κ1) is 21.9. The SMILES string of the molecule is COc1ccc2c(c1)c1c(c(=O)n(-c3ccc(F)c(Cl)c3)c(=O)n1Cc1ccc(F)cc1)n2C. The normalized spacial score (nSPS) is 11.4. The van der Waals surface area contributed by atoms with Crippen LogP contribution in [0.25, 0.3) is 27.6 Å². The first-order valence-electron chi connectivity index (χ1n) is 10.3. The van der Waals surface area contributed by atoms with Crippen molar-refractivity contribution in [2.24, 2.45) is 7.05 Å². The van der Waals surface area contributed by atoms with E-state index in [-0.39, 0.29) is 22.8 Å². The maximum atomic E-state index is 13.8. The van der Waals surface area contributed by atoms with Gasteiger partial charge in [0.1, 0.15) is 22.9 Å². The van der Waals surface area contributed by atoms with Gasteiger partial charge in [-0.1, -0.05) is 23.7 Å². The minimum Gasteiger partial charge on any atom is -0.497 e. The van der Waals surface area contributed by atoms with Gasteiger partial charge in [-0.3, -0.25) is 9.36 Å². The van der Waals surface area contributed by atoms with Gasteiger partial charge in [-0.25, -0.2) is 18.1 Å². The van der Waals surface area contributed by atoms with Crippen LogP contribution in [0.1, 0.15) is 5.56 Å². The van der Waals surface area contributed by atoms with E-state index in [1.165, 1.54) is 35.9 Å². The summed E-state index contributed by atoms with van der Waals surface area (Å²) < 4.78 is 36.8. The highest BCUT2D eigenvalue weighted by Gasteiger charge is 2.22. The minimum atomic E-state index is -0.664. The molecule has 172 valence electrons. The number of benzene rings is 3. The van der Waals surface area contributed by atoms with E-state index < -0.39 is 22.9 Å². The zero-order chi connectivity index (χ0) is 24.1. The average Bonchev–Trinajstić information content (AvgIpc) is 3.12. The molecule has 5 aromatic rings. The molecule has 0 spiro atoms. The standard InChI is InChI=1S/C25H18ClF2N3O3/c1-29-21-10-8-17(34-2)12-18(21)22-23(29)24(32)31(16-7-9-20(28)19(26)11-16)25(33)30(22)13-14-3-5-15(27)6-4-14/h3-12H,13H2,1-2H3. The molecule has 6 nitrogen and oxygen atoms in total. The Balaban J connectivity index is 1.93. The lowest BCUT2D eigenvalue weighted by molar-refractivity contribution is 0.415. The monoisotopic (exact) mass is 481 g/mol. The molecule has 0 N–H and O–H groups in total. The fourth-order valence-electron chi connectivity index (χ4n) is 4.23. The minimum absolute atomic E-state index is 0.0706. The van der Waals surface area contributed by atoms with Gasteiger partial charge < -0.3 is 9.30 Å². The molecule has 0 atom stereocenters. The van der Waals surface area contributed by atoms with Crippen molar-refractivity contribution in [1.29, 1.82) is 0 Å². The molecule has 34 heavy (non-hydrogen) atoms. The molecule has 0 aliphatic rings. The van der Waals surface area contributed by atoms with E-state index in [0.29, 0.717) is 22.2 Å². The second-order valence-corrected chi connectivity index (χ2v) is 8.28. The van der Waals surface area contributed by atoms with Gasteiger partial charge in [0.2, 0.25) is 0 Å². The van der Waals surface area contributed by atoms with Crippen LogP contribution >= 0.6 is 11.6 Å². The van der Waals surface area contributed by atoms with Gasteiger partial charge in [0.05, 0.1) is 35.4 Å². The zero-order valence-corrected chi connectivity index (χ0v) is 18.9. The maximum absolute atomic E-state index is 13.8. The summed E-state index contributed by atoms with van der Waals surface area (Å²) in [5, 5.41) is 0.438. The van der Waals surface area contributed by atoms with Crippen LogP contribution in [-0.2, 0) is 13.6 Å². The summed E-state index contributed by atoms with van der Waals surface area (Å²) >= 11 is 5.95. The summed E-state index contributed by atoms with van der Waals surface area (Å²) in [6, 6.07) is 14.7. The zero-order valence-electron chi connectivity index (χ0n) is 18.2. The number of hydrogen-bond acceptors (Lipinski definition) is 3. The number of methoxy groups -OCH3 is 1. The average molecular weight is 482 g/mol. The Kier molecular flexibility index (Phi) is 5.25. The van der Waals surface area contributed by atoms with Crippen LogP contribution in [0.5, 0.6) is 5.75 Å². The van der Waals surface area contributed by atoms with Gasteiger partial charge in [-0.15, -0.1) is 0 Å². The van der Waals surface area contributed by atoms with Crippen LogP contribution in [0.4, 0.5) is 8.78 Å². The highest BCUT2D eigenvalue weighted by molar-refractivity contribution is 6.30. The van der Waals surface area contributed by atoms with Crippen LogP contribution in [0.3, 0.4) is 0 Å². The lowest BCUT2D eigenvalue weighted by Crippen LogP contribution is -2.39. The van der Waals surface area contributed by atoms with Gasteiger partial charge >= 0.3 is 5.69 Å². The van der Waals surface area contributed by atoms with Crippen LogP contribution in [0.15, 0.2) is 70.3 Å². The Hall–Kier alpha value is -3.91. The highest BCUT2D eigenvalue weighted by Crippen LogP contribution is 2.29. The lowest BCUT2D eigenvalue weighted by Gasteiger charge is -2.14. The fourth-order valence-corrected chi connectivity index (χ4v) is 4.40. The van der Waals surface area contributed by atoms with Crippen molar-refractivity contribution >= 4 is 33.5 Å². The molecule has 0 aliphatic carbocycles. The van der Waals surface area contributed by atoms with E-state index in [9.17, 15) is 18.4 Å². The van der Waals surface area contributed by atoms with Crippen molar-refractivity contribution in [1.82, 2.24) is 13.7 Å². The molecule has 0 fully saturated rings. The van der Waals surface area contributed by atoms with Gasteiger partial charge in [0.15, 0.2) is 0 Å². The third-order valence-electron chi connectivity index (χ3n) is 5.89. The summed E-state index contributed by atoms with van der Waals surface area (Å²) in [6.45, 7) is 0.0706. The number of hydrogen-bond donors (Lipinski definition) is 0. The van der Waals surface area contributed by atoms with Crippen molar-refractivity contribution in [2.45, 2.75) is 6.54 Å². The van der Waals surface area contributed by atoms with E-state index in [1.807, 2.05) is 0 Å². The van der Waals surface area contributed by atoms with Crippen LogP contribution < -0.4 is 16.0 Å². The van der Waals surface area contributed by atoms with Crippen molar-refractivity contribution in [3.8, 4) is 11.4 Å². The second kappa shape index (κ2) is 8.14. The Labute approximate surface area is 196 Å². The number of fused-ring (bicyclic) bond motifs is 3. The molecule has 0 saturated heterocycles. The van der Waals surface area contributed by atoms with Crippen molar-refractivity contribution in [2.75, 3.05) is 7.11 Å². The fraction of sp³-hybridized carbons (Fsp3) is 0.120. The Morgan fingerprint density at radius 2 is 1.68 bits per heavy atom. The molecule has 2 aromatic heterocycles. The first-order valence-corrected chi connectivity index (χ1v) is 10.7. The molecule has 9 heteroatoms. The van der Waals surface area contributed by atoms with E-state index in [2.05, 4.69) is 0 Å². The molecule has 0 amide bonds. The predicted octanol–water partition coefficient (Wildman–Crippen LogP) is 4.63. The van der Waals surface area contributed by atoms with Crippen molar-refractivity contribution in [3.05, 3.63) is 104 Å². The third kappa shape index (κ3) is 3.38. The van der Waals surface area contributed by atoms with Crippen LogP contribution in [-0.4, -0.2) is 20.8 Å². The van der Waals surface area contributed by atoms with Gasteiger partial charge in [0.25, 0.3) is 5.56 Å². The highest BCUT2D eigenvalue weighted by atomic mass is 35.5. The largest absolute Gasteiger partial charge is 0.497 e. The molecular formula is C25H18ClF2N3O3. The Bertz CT molecular complexity index is 1700. The molecule has 0 aliphatic heterocycles. The lowest BCUT2D eigenvalue weighted by atomic mass is 10.2. The summed E-state index contributed by atoms with van der Waals surface area (Å²) in [4.78, 5) is 27.4. The van der Waals surface area contributed by atoms with E-state index >= 15 is 0 Å². The number of nitrogens with zero attached hydrogens (tertiary/aromatic N) is 3. The topological polar surface area (TPSA) is 58.2 Å². The van der Waals surface area contributed by atoms with Crippen LogP contribution in [0.2, 0.25) is 5.02 Å². The molecule has 0 radical (unpaired) electrons. The Morgan fingerprint density at radius 1 is 0.941 bits per heavy atom. The molecule has 0 saturated carbocycles. The molecule has 2 heterocycles. The summed E-state index contributed by atoms with van der Waals surface area (Å²) in [5.41, 5.74) is 0.988. The third-order valence-corrected chi connectivity index (χ3v) is 6.18. The van der Waals surface area contributed by atoms with Gasteiger partial charge in [0, 0.05) is 12.4 Å². The predicted molar refractivity (Wildman–Crippen MR) is 127 cm³/mol. The van der Waals surface area contributed by atoms with Crippen molar-refractivity contribution in [3.63, 3.8) is 0 Å². The smallest absolute Gasteiger partial charge is 0.336 e. The van der Waals surface area contributed by atoms with Crippen LogP contribution in [0, 0.1) is 11.6 Å². The molecule has 0 unspecified atom stereocenters. The van der Waals surface area contributed by atoms with E-state index in [4.69, 9.17) is 16.3 Å². The second-order valence-electron chi connectivity index (χ2n) is 7.87. The number of ether oxygens (including phenoxy) is 1. The number of halogens is 3. The number of aryl methyl sites for hydroxylation is 1. The van der Waals surface area contributed by atoms with E-state index in [0.717, 1.165) is 16.2 Å². The quantitative estimate of drug-likeness (QED) is 0.376. The van der Waals surface area contributed by atoms with Gasteiger partial charge in [-0.2, -0.15) is 0 Å². The summed E-state index contributed by atoms with van der Waals surface area (Å²) in [5.74, 6) is -0.500. The summed E-state index contributed by atoms with van der Waals surface area (Å²) in [7, 11) is 3.26. The summed E-state index contributed by atoms with van der Waals surface area (Å²) in [6.07, 6.45) is 0. The van der Waals surface area contributed by atoms with Crippen molar-refractivity contribution < 1.29 is 13.5 Å². The number of rotatable bonds is 4. The Morgan fingerprint density at radius 3 is 2.35 bits per heavy atom. The van der Waals surface area contributed by atoms with Gasteiger partial charge in [-0.05, 0) is 54.1 Å². The molecule has 0 bridgehead atoms. The van der Waals surface area contributed by atoms with E-state index in [1.54, 1.807) is 41.9 Å². The number of aromatic nitrogens is 3. The molecule has 3 aromatic carbocycles.